The van der Waals surface area contributed by atoms with Gasteiger partial charge in [-0.05, 0) is 25.6 Å². The topological polar surface area (TPSA) is 50.2 Å². The summed E-state index contributed by atoms with van der Waals surface area (Å²) in [6.45, 7) is 6.32. The van der Waals surface area contributed by atoms with E-state index >= 15 is 0 Å². The number of nitrogens with zero attached hydrogens (tertiary/aromatic N) is 3. The second-order valence-electron chi connectivity index (χ2n) is 6.30. The summed E-state index contributed by atoms with van der Waals surface area (Å²) in [5, 5.41) is 7.41. The van der Waals surface area contributed by atoms with E-state index in [2.05, 4.69) is 36.4 Å². The molecular weight excluding hydrogens is 288 g/mol. The first-order valence-corrected chi connectivity index (χ1v) is 8.01. The Balaban J connectivity index is 2.16. The van der Waals surface area contributed by atoms with E-state index in [1.54, 1.807) is 6.20 Å². The Hall–Kier alpha value is -2.14. The highest BCUT2D eigenvalue weighted by molar-refractivity contribution is 5.95. The molecule has 0 radical (unpaired) electrons. The molecule has 1 N–H and O–H groups in total. The van der Waals surface area contributed by atoms with Gasteiger partial charge in [0.15, 0.2) is 0 Å². The summed E-state index contributed by atoms with van der Waals surface area (Å²) in [6, 6.07) is 10.2. The third kappa shape index (κ3) is 4.66. The van der Waals surface area contributed by atoms with Crippen molar-refractivity contribution in [1.29, 1.82) is 0 Å². The predicted octanol–water partition coefficient (Wildman–Crippen LogP) is 2.35. The van der Waals surface area contributed by atoms with Gasteiger partial charge in [-0.3, -0.25) is 9.48 Å². The first-order chi connectivity index (χ1) is 11.0. The fourth-order valence-corrected chi connectivity index (χ4v) is 2.55. The van der Waals surface area contributed by atoms with Crippen molar-refractivity contribution >= 4 is 5.91 Å². The molecule has 2 rings (SSSR count). The Bertz CT molecular complexity index is 632. The Morgan fingerprint density at radius 2 is 1.96 bits per heavy atom. The average molecular weight is 314 g/mol. The standard InChI is InChI=1S/C18H26N4O/c1-14(2)17-16(18(23)19-10-11-21(3)4)12-20-22(17)13-15-8-6-5-7-9-15/h5-9,12,14H,10-11,13H2,1-4H3,(H,19,23). The highest BCUT2D eigenvalue weighted by atomic mass is 16.1. The summed E-state index contributed by atoms with van der Waals surface area (Å²) >= 11 is 0. The Labute approximate surface area is 138 Å². The molecule has 23 heavy (non-hydrogen) atoms. The second kappa shape index (κ2) is 7.92. The van der Waals surface area contributed by atoms with E-state index in [9.17, 15) is 4.79 Å². The molecule has 0 saturated carbocycles. The van der Waals surface area contributed by atoms with Crippen molar-refractivity contribution in [3.63, 3.8) is 0 Å². The number of carbonyl (C=O) groups excluding carboxylic acids is 1. The first-order valence-electron chi connectivity index (χ1n) is 8.01. The van der Waals surface area contributed by atoms with Crippen molar-refractivity contribution in [2.45, 2.75) is 26.3 Å². The molecule has 0 aliphatic heterocycles. The molecule has 0 fully saturated rings. The van der Waals surface area contributed by atoms with Gasteiger partial charge in [-0.25, -0.2) is 0 Å². The molecule has 0 spiro atoms. The molecule has 0 aliphatic carbocycles. The lowest BCUT2D eigenvalue weighted by Crippen LogP contribution is -2.31. The minimum atomic E-state index is -0.0464. The van der Waals surface area contributed by atoms with E-state index in [0.717, 1.165) is 12.2 Å². The van der Waals surface area contributed by atoms with Gasteiger partial charge in [-0.2, -0.15) is 5.10 Å². The van der Waals surface area contributed by atoms with Crippen LogP contribution in [0.25, 0.3) is 0 Å². The molecule has 2 aromatic rings. The number of aromatic nitrogens is 2. The highest BCUT2D eigenvalue weighted by Crippen LogP contribution is 2.20. The van der Waals surface area contributed by atoms with Crippen LogP contribution in [-0.4, -0.2) is 47.8 Å². The molecule has 1 aromatic carbocycles. The van der Waals surface area contributed by atoms with Crippen LogP contribution in [0.1, 0.15) is 41.4 Å². The molecule has 0 saturated heterocycles. The van der Waals surface area contributed by atoms with Gasteiger partial charge < -0.3 is 10.2 Å². The molecule has 0 bridgehead atoms. The normalized spacial score (nSPS) is 11.2. The van der Waals surface area contributed by atoms with Crippen LogP contribution >= 0.6 is 0 Å². The molecule has 1 amide bonds. The number of nitrogens with one attached hydrogen (secondary N) is 1. The molecule has 1 aromatic heterocycles. The summed E-state index contributed by atoms with van der Waals surface area (Å²) in [4.78, 5) is 14.5. The maximum absolute atomic E-state index is 12.4. The summed E-state index contributed by atoms with van der Waals surface area (Å²) in [5.41, 5.74) is 2.84. The summed E-state index contributed by atoms with van der Waals surface area (Å²) in [5.74, 6) is 0.186. The number of hydrogen-bond donors (Lipinski definition) is 1. The maximum Gasteiger partial charge on any atom is 0.254 e. The van der Waals surface area contributed by atoms with Crippen molar-refractivity contribution in [3.8, 4) is 0 Å². The van der Waals surface area contributed by atoms with Gasteiger partial charge in [-0.1, -0.05) is 44.2 Å². The molecule has 5 heteroatoms. The van der Waals surface area contributed by atoms with Crippen LogP contribution in [0.4, 0.5) is 0 Å². The van der Waals surface area contributed by atoms with Crippen LogP contribution in [0, 0.1) is 0 Å². The quantitative estimate of drug-likeness (QED) is 0.853. The van der Waals surface area contributed by atoms with Gasteiger partial charge in [0.05, 0.1) is 24.0 Å². The third-order valence-electron chi connectivity index (χ3n) is 3.69. The van der Waals surface area contributed by atoms with Crippen molar-refractivity contribution in [2.24, 2.45) is 0 Å². The molecule has 1 heterocycles. The number of rotatable bonds is 7. The van der Waals surface area contributed by atoms with Gasteiger partial charge >= 0.3 is 0 Å². The average Bonchev–Trinajstić information content (AvgIpc) is 2.91. The number of likely N-dealkylation sites (N-methyl/N-ethyl adjacent to an activating group) is 1. The Kier molecular flexibility index (Phi) is 5.93. The smallest absolute Gasteiger partial charge is 0.254 e. The zero-order valence-electron chi connectivity index (χ0n) is 14.4. The summed E-state index contributed by atoms with van der Waals surface area (Å²) < 4.78 is 1.93. The largest absolute Gasteiger partial charge is 0.351 e. The van der Waals surface area contributed by atoms with E-state index in [1.165, 1.54) is 5.56 Å². The van der Waals surface area contributed by atoms with Crippen LogP contribution < -0.4 is 5.32 Å². The van der Waals surface area contributed by atoms with Crippen LogP contribution in [0.2, 0.25) is 0 Å². The van der Waals surface area contributed by atoms with E-state index in [0.29, 0.717) is 18.7 Å². The monoisotopic (exact) mass is 314 g/mol. The zero-order valence-corrected chi connectivity index (χ0v) is 14.4. The molecule has 0 atom stereocenters. The summed E-state index contributed by atoms with van der Waals surface area (Å²) in [7, 11) is 3.98. The number of carbonyl (C=O) groups is 1. The highest BCUT2D eigenvalue weighted by Gasteiger charge is 2.19. The Morgan fingerprint density at radius 3 is 2.57 bits per heavy atom. The fourth-order valence-electron chi connectivity index (χ4n) is 2.55. The van der Waals surface area contributed by atoms with Crippen molar-refractivity contribution in [3.05, 3.63) is 53.3 Å². The zero-order chi connectivity index (χ0) is 16.8. The first kappa shape index (κ1) is 17.2. The number of amides is 1. The van der Waals surface area contributed by atoms with Crippen LogP contribution in [0.15, 0.2) is 36.5 Å². The second-order valence-corrected chi connectivity index (χ2v) is 6.30. The number of hydrogen-bond acceptors (Lipinski definition) is 3. The Morgan fingerprint density at radius 1 is 1.26 bits per heavy atom. The minimum Gasteiger partial charge on any atom is -0.351 e. The minimum absolute atomic E-state index is 0.0464. The van der Waals surface area contributed by atoms with Gasteiger partial charge in [-0.15, -0.1) is 0 Å². The SMILES string of the molecule is CC(C)c1c(C(=O)NCCN(C)C)cnn1Cc1ccccc1. The lowest BCUT2D eigenvalue weighted by atomic mass is 10.0. The fraction of sp³-hybridized carbons (Fsp3) is 0.444. The maximum atomic E-state index is 12.4. The van der Waals surface area contributed by atoms with Gasteiger partial charge in [0.2, 0.25) is 0 Å². The van der Waals surface area contributed by atoms with Crippen LogP contribution in [0.5, 0.6) is 0 Å². The predicted molar refractivity (Wildman–Crippen MR) is 92.7 cm³/mol. The van der Waals surface area contributed by atoms with Crippen molar-refractivity contribution in [2.75, 3.05) is 27.2 Å². The molecule has 5 nitrogen and oxygen atoms in total. The molecule has 0 aliphatic rings. The molecular formula is C18H26N4O. The summed E-state index contributed by atoms with van der Waals surface area (Å²) in [6.07, 6.45) is 1.68. The lowest BCUT2D eigenvalue weighted by Gasteiger charge is -2.14. The van der Waals surface area contributed by atoms with Crippen molar-refractivity contribution < 1.29 is 4.79 Å². The number of benzene rings is 1. The van der Waals surface area contributed by atoms with Crippen LogP contribution in [-0.2, 0) is 6.54 Å². The molecule has 124 valence electrons. The van der Waals surface area contributed by atoms with Crippen molar-refractivity contribution in [1.82, 2.24) is 20.0 Å². The molecule has 0 unspecified atom stereocenters. The van der Waals surface area contributed by atoms with Gasteiger partial charge in [0, 0.05) is 13.1 Å². The van der Waals surface area contributed by atoms with E-state index < -0.39 is 0 Å². The van der Waals surface area contributed by atoms with E-state index in [4.69, 9.17) is 0 Å². The van der Waals surface area contributed by atoms with E-state index in [1.807, 2.05) is 41.9 Å². The third-order valence-corrected chi connectivity index (χ3v) is 3.69. The lowest BCUT2D eigenvalue weighted by molar-refractivity contribution is 0.0949. The van der Waals surface area contributed by atoms with E-state index in [-0.39, 0.29) is 11.8 Å². The van der Waals surface area contributed by atoms with Crippen LogP contribution in [0.3, 0.4) is 0 Å². The van der Waals surface area contributed by atoms with Gasteiger partial charge in [0.25, 0.3) is 5.91 Å². The van der Waals surface area contributed by atoms with Gasteiger partial charge in [0.1, 0.15) is 0 Å².